The molecule has 0 amide bonds. The number of rotatable bonds is 5. The lowest BCUT2D eigenvalue weighted by Crippen LogP contribution is -2.42. The predicted octanol–water partition coefficient (Wildman–Crippen LogP) is 9.88. The van der Waals surface area contributed by atoms with Crippen molar-refractivity contribution < 1.29 is 4.68 Å². The molecule has 0 N–H and O–H groups in total. The van der Waals surface area contributed by atoms with Crippen LogP contribution >= 0.6 is 0 Å². The molecule has 2 bridgehead atoms. The third kappa shape index (κ3) is 5.51. The summed E-state index contributed by atoms with van der Waals surface area (Å²) in [6.07, 6.45) is 8.70. The van der Waals surface area contributed by atoms with Crippen molar-refractivity contribution in [2.75, 3.05) is 0 Å². The first-order chi connectivity index (χ1) is 23.0. The highest BCUT2D eigenvalue weighted by Crippen LogP contribution is 2.55. The zero-order valence-corrected chi connectivity index (χ0v) is 27.1. The molecular weight excluding hydrogens is 573 g/mol. The summed E-state index contributed by atoms with van der Waals surface area (Å²) in [6.45, 7) is 4.95. The minimum absolute atomic E-state index is 0.287. The van der Waals surface area contributed by atoms with Crippen LogP contribution in [-0.4, -0.2) is 10.1 Å². The van der Waals surface area contributed by atoms with Gasteiger partial charge in [0.15, 0.2) is 0 Å². The van der Waals surface area contributed by atoms with E-state index in [4.69, 9.17) is 10.1 Å². The van der Waals surface area contributed by atoms with Crippen molar-refractivity contribution in [2.45, 2.75) is 51.4 Å². The summed E-state index contributed by atoms with van der Waals surface area (Å²) in [5.41, 5.74) is 8.64. The monoisotopic (exact) mass is 611 g/mol. The molecule has 4 nitrogen and oxygen atoms in total. The third-order valence-corrected chi connectivity index (χ3v) is 10.6. The summed E-state index contributed by atoms with van der Waals surface area (Å²) < 4.78 is 1.86. The highest BCUT2D eigenvalue weighted by atomic mass is 15.3. The van der Waals surface area contributed by atoms with Gasteiger partial charge in [0, 0.05) is 28.4 Å². The molecule has 8 rings (SSSR count). The predicted molar refractivity (Wildman–Crippen MR) is 189 cm³/mol. The van der Waals surface area contributed by atoms with Crippen LogP contribution in [0, 0.1) is 29.1 Å². The summed E-state index contributed by atoms with van der Waals surface area (Å²) in [7, 11) is 0. The summed E-state index contributed by atoms with van der Waals surface area (Å²) in [4.78, 5) is 5.01. The fourth-order valence-electron chi connectivity index (χ4n) is 8.95. The second-order valence-electron chi connectivity index (χ2n) is 14.1. The van der Waals surface area contributed by atoms with Crippen LogP contribution in [0.4, 0.5) is 0 Å². The molecule has 2 aliphatic carbocycles. The van der Waals surface area contributed by atoms with Gasteiger partial charge in [-0.25, -0.2) is 4.98 Å². The zero-order chi connectivity index (χ0) is 32.0. The number of nitrogens with zero attached hydrogens (tertiary/aromatic N) is 4. The number of hydrogen-bond donors (Lipinski definition) is 0. The lowest BCUT2D eigenvalue weighted by molar-refractivity contribution is -0.658. The van der Waals surface area contributed by atoms with E-state index in [-0.39, 0.29) is 5.41 Å². The largest absolute Gasteiger partial charge is 0.238 e. The molecule has 1 heterocycles. The van der Waals surface area contributed by atoms with Gasteiger partial charge in [0.25, 0.3) is 0 Å². The number of hydrogen-bond acceptors (Lipinski definition) is 3. The summed E-state index contributed by atoms with van der Waals surface area (Å²) >= 11 is 0. The standard InChI is InChI=1S/C43H39N4/c1-29-22-32-23-30(2)25-43(24-29,26-32)40-21-20-37(38-10-6-7-11-39(38)40)33-14-16-34(17-15-33)41-28-47(36-18-12-31(27-44)13-19-36)46-42(45-41)35-8-4-3-5-9-35/h3-21,28-30,32H,22-26H2,1-2H3/q+1/t29-,30+,32?,43?. The molecule has 4 heteroatoms. The molecule has 2 fully saturated rings. The summed E-state index contributed by atoms with van der Waals surface area (Å²) in [5.74, 6) is 3.07. The van der Waals surface area contributed by atoms with E-state index in [2.05, 4.69) is 80.6 Å². The van der Waals surface area contributed by atoms with Gasteiger partial charge in [-0.1, -0.05) is 105 Å². The van der Waals surface area contributed by atoms with Crippen LogP contribution in [0.5, 0.6) is 0 Å². The Morgan fingerprint density at radius 2 is 1.34 bits per heavy atom. The molecule has 1 aromatic heterocycles. The maximum Gasteiger partial charge on any atom is 0.238 e. The molecule has 5 aromatic carbocycles. The Morgan fingerprint density at radius 1 is 0.681 bits per heavy atom. The van der Waals surface area contributed by atoms with Crippen molar-refractivity contribution in [3.63, 3.8) is 0 Å². The smallest absolute Gasteiger partial charge is 0.216 e. The molecular formula is C43H39N4+. The van der Waals surface area contributed by atoms with E-state index in [1.165, 1.54) is 54.0 Å². The van der Waals surface area contributed by atoms with Gasteiger partial charge >= 0.3 is 0 Å². The molecule has 2 aliphatic rings. The van der Waals surface area contributed by atoms with Crippen molar-refractivity contribution in [1.82, 2.24) is 10.1 Å². The minimum Gasteiger partial charge on any atom is -0.216 e. The molecule has 230 valence electrons. The minimum atomic E-state index is 0.287. The van der Waals surface area contributed by atoms with E-state index in [9.17, 15) is 5.26 Å². The lowest BCUT2D eigenvalue weighted by atomic mass is 9.54. The first-order valence-corrected chi connectivity index (χ1v) is 17.0. The van der Waals surface area contributed by atoms with Crippen LogP contribution in [-0.2, 0) is 5.41 Å². The Bertz CT molecular complexity index is 2090. The number of fused-ring (bicyclic) bond motifs is 3. The molecule has 2 unspecified atom stereocenters. The van der Waals surface area contributed by atoms with Crippen LogP contribution in [0.1, 0.15) is 57.1 Å². The van der Waals surface area contributed by atoms with Crippen LogP contribution in [0.15, 0.2) is 121 Å². The van der Waals surface area contributed by atoms with Crippen LogP contribution < -0.4 is 4.68 Å². The first-order valence-electron chi connectivity index (χ1n) is 17.0. The van der Waals surface area contributed by atoms with Crippen molar-refractivity contribution in [2.24, 2.45) is 17.8 Å². The van der Waals surface area contributed by atoms with Gasteiger partial charge in [-0.3, -0.25) is 0 Å². The SMILES string of the molecule is C[C@@H]1CC2C[C@H](C)CC(c3ccc(-c4ccc(-c5c[n+](-c6ccc(C#N)cc6)nc(-c6ccccc6)n5)cc4)c4ccccc34)(C2)C1. The van der Waals surface area contributed by atoms with E-state index < -0.39 is 0 Å². The molecule has 0 radical (unpaired) electrons. The molecule has 4 atom stereocenters. The van der Waals surface area contributed by atoms with Crippen LogP contribution in [0.3, 0.4) is 0 Å². The first kappa shape index (κ1) is 29.3. The fraction of sp³-hybridized carbons (Fsp3) is 0.256. The molecule has 47 heavy (non-hydrogen) atoms. The molecule has 2 saturated carbocycles. The lowest BCUT2D eigenvalue weighted by Gasteiger charge is -2.51. The quantitative estimate of drug-likeness (QED) is 0.182. The molecule has 0 spiro atoms. The maximum atomic E-state index is 9.29. The fourth-order valence-corrected chi connectivity index (χ4v) is 8.95. The van der Waals surface area contributed by atoms with Gasteiger partial charge in [0.1, 0.15) is 5.69 Å². The van der Waals surface area contributed by atoms with Crippen LogP contribution in [0.25, 0.3) is 50.2 Å². The highest BCUT2D eigenvalue weighted by Gasteiger charge is 2.45. The zero-order valence-electron chi connectivity index (χ0n) is 27.1. The van der Waals surface area contributed by atoms with E-state index in [0.717, 1.165) is 40.3 Å². The second kappa shape index (κ2) is 11.9. The molecule has 0 aliphatic heterocycles. The number of benzene rings is 5. The Balaban J connectivity index is 1.18. The van der Waals surface area contributed by atoms with Gasteiger partial charge in [-0.15, -0.1) is 0 Å². The van der Waals surface area contributed by atoms with Gasteiger partial charge in [-0.05, 0) is 99.6 Å². The Labute approximate surface area is 277 Å². The third-order valence-electron chi connectivity index (χ3n) is 10.6. The van der Waals surface area contributed by atoms with Gasteiger partial charge in [0.2, 0.25) is 17.7 Å². The Hall–Kier alpha value is -5.14. The maximum absolute atomic E-state index is 9.29. The second-order valence-corrected chi connectivity index (χ2v) is 14.1. The Morgan fingerprint density at radius 3 is 2.04 bits per heavy atom. The van der Waals surface area contributed by atoms with E-state index in [0.29, 0.717) is 11.4 Å². The van der Waals surface area contributed by atoms with E-state index >= 15 is 0 Å². The van der Waals surface area contributed by atoms with Gasteiger partial charge < -0.3 is 0 Å². The topological polar surface area (TPSA) is 53.5 Å². The molecule has 6 aromatic rings. The van der Waals surface area contributed by atoms with Crippen molar-refractivity contribution >= 4 is 10.8 Å². The van der Waals surface area contributed by atoms with E-state index in [1.54, 1.807) is 5.56 Å². The van der Waals surface area contributed by atoms with Crippen molar-refractivity contribution in [3.8, 4) is 45.5 Å². The van der Waals surface area contributed by atoms with Crippen molar-refractivity contribution in [1.29, 1.82) is 5.26 Å². The Kier molecular flexibility index (Phi) is 7.41. The number of nitriles is 1. The van der Waals surface area contributed by atoms with E-state index in [1.807, 2.05) is 65.5 Å². The highest BCUT2D eigenvalue weighted by molar-refractivity contribution is 5.99. The summed E-state index contributed by atoms with van der Waals surface area (Å²) in [5, 5.41) is 16.9. The summed E-state index contributed by atoms with van der Waals surface area (Å²) in [6, 6.07) is 42.5. The van der Waals surface area contributed by atoms with Gasteiger partial charge in [-0.2, -0.15) is 5.26 Å². The van der Waals surface area contributed by atoms with Crippen molar-refractivity contribution in [3.05, 3.63) is 133 Å². The van der Waals surface area contributed by atoms with Gasteiger partial charge in [0.05, 0.1) is 11.6 Å². The van der Waals surface area contributed by atoms with Crippen LogP contribution in [0.2, 0.25) is 0 Å². The average molecular weight is 612 g/mol. The number of aromatic nitrogens is 3. The normalized spacial score (nSPS) is 22.1. The average Bonchev–Trinajstić information content (AvgIpc) is 3.11. The molecule has 0 saturated heterocycles.